The Morgan fingerprint density at radius 3 is 2.05 bits per heavy atom. The number of nitrogens with one attached hydrogen (secondary N) is 2. The zero-order valence-electron chi connectivity index (χ0n) is 33.4. The van der Waals surface area contributed by atoms with Crippen molar-refractivity contribution in [1.82, 2.24) is 20.4 Å². The van der Waals surface area contributed by atoms with Crippen LogP contribution in [0.15, 0.2) is 54.6 Å². The Labute approximate surface area is 343 Å². The molecule has 1 aliphatic carbocycles. The maximum Gasteiger partial charge on any atom is 0.262 e. The van der Waals surface area contributed by atoms with E-state index in [-0.39, 0.29) is 47.6 Å². The number of fused-ring (bicyclic) bond motifs is 2. The number of carbonyl (C=O) groups is 5. The standard InChI is InChI=1S/C45H49ClN6O6/c1-44(2)42(45(3,4)43(44)58-32-10-7-30(24-47)35(46)23-32)49-38(54)27-5-8-31(9-6-27)51-19-13-26(14-20-51)25-50-17-15-28-21-33-34(22-29(28)16-18-50)41(57)52(40(33)56)36-11-12-37(53)48-39(36)55/h5-10,21-23,26,36,42-43H,11-20,25H2,1-4H3,(H,49,54)(H,48,53,55)/t36?,42-,43-. The van der Waals surface area contributed by atoms with E-state index in [4.69, 9.17) is 16.3 Å². The first kappa shape index (κ1) is 39.6. The van der Waals surface area contributed by atoms with E-state index < -0.39 is 23.8 Å². The molecule has 5 amide bonds. The number of ether oxygens (including phenoxy) is 1. The molecule has 4 heterocycles. The topological polar surface area (TPSA) is 152 Å². The molecule has 5 aliphatic rings. The summed E-state index contributed by atoms with van der Waals surface area (Å²) in [5.74, 6) is -0.876. The summed E-state index contributed by atoms with van der Waals surface area (Å²) in [6.45, 7) is 13.0. The predicted octanol–water partition coefficient (Wildman–Crippen LogP) is 5.54. The fraction of sp³-hybridized carbons (Fsp3) is 0.467. The van der Waals surface area contributed by atoms with Crippen LogP contribution in [0.4, 0.5) is 5.69 Å². The van der Waals surface area contributed by atoms with E-state index in [1.807, 2.05) is 36.4 Å². The van der Waals surface area contributed by atoms with Gasteiger partial charge in [-0.1, -0.05) is 39.3 Å². The van der Waals surface area contributed by atoms with Gasteiger partial charge in [0, 0.05) is 73.3 Å². The van der Waals surface area contributed by atoms with Crippen LogP contribution in [0.1, 0.15) is 101 Å². The molecule has 1 unspecified atom stereocenters. The summed E-state index contributed by atoms with van der Waals surface area (Å²) in [7, 11) is 0. The molecule has 58 heavy (non-hydrogen) atoms. The first-order valence-electron chi connectivity index (χ1n) is 20.3. The maximum absolute atomic E-state index is 13.5. The minimum Gasteiger partial charge on any atom is -0.489 e. The molecule has 13 heteroatoms. The molecule has 2 saturated heterocycles. The SMILES string of the molecule is CC1(C)[C@H](NC(=O)c2ccc(N3CCC(CN4CCc5cc6c(cc5CC4)C(=O)N(C4CCC(=O)NC4=O)C6=O)CC3)cc2)C(C)(C)[C@H]1Oc1ccc(C#N)c(Cl)c1. The normalized spacial score (nSPS) is 24.2. The Morgan fingerprint density at radius 2 is 1.48 bits per heavy atom. The third-order valence-electron chi connectivity index (χ3n) is 13.2. The van der Waals surface area contributed by atoms with E-state index in [0.29, 0.717) is 38.9 Å². The first-order valence-corrected chi connectivity index (χ1v) is 20.7. The van der Waals surface area contributed by atoms with Crippen molar-refractivity contribution in [1.29, 1.82) is 5.26 Å². The summed E-state index contributed by atoms with van der Waals surface area (Å²) >= 11 is 6.25. The molecule has 4 aliphatic heterocycles. The summed E-state index contributed by atoms with van der Waals surface area (Å²) < 4.78 is 6.38. The second-order valence-corrected chi connectivity index (χ2v) is 18.1. The van der Waals surface area contributed by atoms with Crippen molar-refractivity contribution in [2.75, 3.05) is 37.6 Å². The number of nitrogens with zero attached hydrogens (tertiary/aromatic N) is 4. The molecule has 8 rings (SSSR count). The zero-order valence-corrected chi connectivity index (χ0v) is 34.2. The lowest BCUT2D eigenvalue weighted by Crippen LogP contribution is -2.74. The molecule has 0 radical (unpaired) electrons. The van der Waals surface area contributed by atoms with Crippen LogP contribution >= 0.6 is 11.6 Å². The summed E-state index contributed by atoms with van der Waals surface area (Å²) in [4.78, 5) is 70.3. The van der Waals surface area contributed by atoms with Gasteiger partial charge in [0.25, 0.3) is 17.7 Å². The molecule has 12 nitrogen and oxygen atoms in total. The second kappa shape index (κ2) is 15.2. The number of imide groups is 2. The number of rotatable bonds is 8. The van der Waals surface area contributed by atoms with E-state index in [9.17, 15) is 29.2 Å². The molecule has 3 fully saturated rings. The molecule has 302 valence electrons. The molecule has 3 aromatic carbocycles. The molecule has 3 aromatic rings. The van der Waals surface area contributed by atoms with E-state index in [2.05, 4.69) is 54.2 Å². The van der Waals surface area contributed by atoms with Gasteiger partial charge in [-0.2, -0.15) is 5.26 Å². The minimum atomic E-state index is -0.962. The van der Waals surface area contributed by atoms with Crippen LogP contribution in [0, 0.1) is 28.1 Å². The third-order valence-corrected chi connectivity index (χ3v) is 13.5. The third kappa shape index (κ3) is 7.13. The van der Waals surface area contributed by atoms with Crippen molar-refractivity contribution >= 4 is 46.8 Å². The molecule has 0 bridgehead atoms. The largest absolute Gasteiger partial charge is 0.489 e. The van der Waals surface area contributed by atoms with Gasteiger partial charge in [-0.3, -0.25) is 34.2 Å². The highest BCUT2D eigenvalue weighted by Crippen LogP contribution is 2.55. The van der Waals surface area contributed by atoms with Gasteiger partial charge < -0.3 is 19.9 Å². The molecule has 2 N–H and O–H groups in total. The number of hydrogen-bond donors (Lipinski definition) is 2. The van der Waals surface area contributed by atoms with Crippen LogP contribution < -0.4 is 20.3 Å². The van der Waals surface area contributed by atoms with Gasteiger partial charge in [0.1, 0.15) is 24.0 Å². The fourth-order valence-electron chi connectivity index (χ4n) is 10.3. The molecule has 1 atom stereocenters. The van der Waals surface area contributed by atoms with Gasteiger partial charge >= 0.3 is 0 Å². The quantitative estimate of drug-likeness (QED) is 0.280. The Bertz CT molecular complexity index is 2180. The van der Waals surface area contributed by atoms with Crippen molar-refractivity contribution in [3.05, 3.63) is 93.0 Å². The molecular formula is C45H49ClN6O6. The Balaban J connectivity index is 0.815. The second-order valence-electron chi connectivity index (χ2n) is 17.7. The predicted molar refractivity (Wildman–Crippen MR) is 218 cm³/mol. The zero-order chi connectivity index (χ0) is 41.1. The fourth-order valence-corrected chi connectivity index (χ4v) is 10.5. The van der Waals surface area contributed by atoms with Crippen LogP contribution in [0.25, 0.3) is 0 Å². The Kier molecular flexibility index (Phi) is 10.3. The number of amides is 5. The number of piperidine rings is 2. The highest BCUT2D eigenvalue weighted by atomic mass is 35.5. The van der Waals surface area contributed by atoms with Gasteiger partial charge in [-0.05, 0) is 97.7 Å². The van der Waals surface area contributed by atoms with Gasteiger partial charge in [-0.15, -0.1) is 0 Å². The van der Waals surface area contributed by atoms with Crippen LogP contribution in [-0.4, -0.2) is 90.2 Å². The first-order chi connectivity index (χ1) is 27.6. The van der Waals surface area contributed by atoms with E-state index in [1.165, 1.54) is 0 Å². The van der Waals surface area contributed by atoms with Crippen LogP contribution in [0.2, 0.25) is 5.02 Å². The van der Waals surface area contributed by atoms with Gasteiger partial charge in [-0.25, -0.2) is 0 Å². The van der Waals surface area contributed by atoms with Gasteiger partial charge in [0.2, 0.25) is 11.8 Å². The number of hydrogen-bond acceptors (Lipinski definition) is 9. The maximum atomic E-state index is 13.5. The number of nitriles is 1. The van der Waals surface area contributed by atoms with Crippen molar-refractivity contribution < 1.29 is 28.7 Å². The minimum absolute atomic E-state index is 0.0979. The number of carbonyl (C=O) groups excluding carboxylic acids is 5. The monoisotopic (exact) mass is 804 g/mol. The highest BCUT2D eigenvalue weighted by Gasteiger charge is 2.64. The Hall–Kier alpha value is -5.25. The van der Waals surface area contributed by atoms with Crippen LogP contribution in [0.5, 0.6) is 5.75 Å². The lowest BCUT2D eigenvalue weighted by atomic mass is 9.49. The Morgan fingerprint density at radius 1 is 0.862 bits per heavy atom. The number of anilines is 1. The van der Waals surface area contributed by atoms with E-state index in [0.717, 1.165) is 80.1 Å². The van der Waals surface area contributed by atoms with E-state index in [1.54, 1.807) is 18.2 Å². The van der Waals surface area contributed by atoms with Gasteiger partial charge in [0.05, 0.1) is 21.7 Å². The van der Waals surface area contributed by atoms with Crippen LogP contribution in [-0.2, 0) is 22.4 Å². The lowest BCUT2D eigenvalue weighted by Gasteiger charge is -2.63. The summed E-state index contributed by atoms with van der Waals surface area (Å²) in [5, 5.41) is 15.1. The van der Waals surface area contributed by atoms with Crippen molar-refractivity contribution in [2.24, 2.45) is 16.7 Å². The smallest absolute Gasteiger partial charge is 0.262 e. The molecular weight excluding hydrogens is 756 g/mol. The summed E-state index contributed by atoms with van der Waals surface area (Å²) in [5.41, 5.74) is 4.24. The number of halogens is 1. The lowest BCUT2D eigenvalue weighted by molar-refractivity contribution is -0.164. The molecule has 1 saturated carbocycles. The summed E-state index contributed by atoms with van der Waals surface area (Å²) in [6, 6.07) is 17.6. The van der Waals surface area contributed by atoms with Crippen molar-refractivity contribution in [3.63, 3.8) is 0 Å². The average molecular weight is 805 g/mol. The van der Waals surface area contributed by atoms with Gasteiger partial charge in [0.15, 0.2) is 0 Å². The number of benzene rings is 3. The average Bonchev–Trinajstić information content (AvgIpc) is 3.30. The van der Waals surface area contributed by atoms with Crippen molar-refractivity contribution in [3.8, 4) is 11.8 Å². The van der Waals surface area contributed by atoms with Crippen molar-refractivity contribution in [2.45, 2.75) is 84.4 Å². The van der Waals surface area contributed by atoms with Crippen LogP contribution in [0.3, 0.4) is 0 Å². The summed E-state index contributed by atoms with van der Waals surface area (Å²) in [6.07, 6.45) is 3.73. The molecule has 0 aromatic heterocycles. The van der Waals surface area contributed by atoms with E-state index >= 15 is 0 Å². The molecule has 0 spiro atoms. The highest BCUT2D eigenvalue weighted by molar-refractivity contribution is 6.31.